The highest BCUT2D eigenvalue weighted by molar-refractivity contribution is 4.99. The maximum Gasteiger partial charge on any atom is 0.0752 e. The molecule has 1 heteroatoms. The predicted molar refractivity (Wildman–Crippen MR) is 53.7 cm³/mol. The van der Waals surface area contributed by atoms with Crippen molar-refractivity contribution in [2.24, 2.45) is 5.92 Å². The van der Waals surface area contributed by atoms with Crippen molar-refractivity contribution >= 4 is 0 Å². The zero-order valence-electron chi connectivity index (χ0n) is 7.87. The van der Waals surface area contributed by atoms with E-state index in [4.69, 9.17) is 0 Å². The standard InChI is InChI=1S/C11H19O/c1-4-7-9-10(8-5-2)11(12)6-3/h5-6,8,10-12H,2-4,7,9H2,1H3. The first-order valence-electron chi connectivity index (χ1n) is 4.52. The number of aliphatic hydroxyl groups excluding tert-OH is 1. The molecule has 0 rings (SSSR count). The van der Waals surface area contributed by atoms with Gasteiger partial charge in [-0.3, -0.25) is 0 Å². The van der Waals surface area contributed by atoms with Crippen LogP contribution in [0.15, 0.2) is 25.3 Å². The highest BCUT2D eigenvalue weighted by Crippen LogP contribution is 2.17. The van der Waals surface area contributed by atoms with E-state index < -0.39 is 6.10 Å². The van der Waals surface area contributed by atoms with E-state index in [2.05, 4.69) is 20.1 Å². The summed E-state index contributed by atoms with van der Waals surface area (Å²) in [4.78, 5) is 0. The third kappa shape index (κ3) is 4.35. The predicted octanol–water partition coefficient (Wildman–Crippen LogP) is 2.73. The smallest absolute Gasteiger partial charge is 0.0752 e. The van der Waals surface area contributed by atoms with Gasteiger partial charge in [0.2, 0.25) is 0 Å². The molecule has 0 saturated heterocycles. The SMILES string of the molecule is C=C[CH]C(CCCC)C(O)C=C. The molecule has 0 aromatic carbocycles. The van der Waals surface area contributed by atoms with Gasteiger partial charge in [0.05, 0.1) is 6.10 Å². The topological polar surface area (TPSA) is 20.2 Å². The van der Waals surface area contributed by atoms with Crippen LogP contribution in [0.5, 0.6) is 0 Å². The van der Waals surface area contributed by atoms with Crippen LogP contribution in [-0.4, -0.2) is 11.2 Å². The molecule has 0 fully saturated rings. The number of aliphatic hydroxyl groups is 1. The molecule has 0 aromatic heterocycles. The van der Waals surface area contributed by atoms with E-state index in [1.165, 1.54) is 0 Å². The summed E-state index contributed by atoms with van der Waals surface area (Å²) in [5.41, 5.74) is 0. The minimum absolute atomic E-state index is 0.194. The summed E-state index contributed by atoms with van der Waals surface area (Å²) in [6.45, 7) is 9.34. The Labute approximate surface area is 75.8 Å². The van der Waals surface area contributed by atoms with Crippen molar-refractivity contribution in [1.82, 2.24) is 0 Å². The fourth-order valence-corrected chi connectivity index (χ4v) is 1.17. The molecule has 0 aliphatic carbocycles. The van der Waals surface area contributed by atoms with Crippen LogP contribution < -0.4 is 0 Å². The molecule has 0 amide bonds. The molecule has 1 N–H and O–H groups in total. The molecule has 0 aliphatic rings. The maximum absolute atomic E-state index is 9.48. The van der Waals surface area contributed by atoms with Crippen molar-refractivity contribution in [2.75, 3.05) is 0 Å². The zero-order chi connectivity index (χ0) is 9.40. The summed E-state index contributed by atoms with van der Waals surface area (Å²) in [5.74, 6) is 0.194. The Morgan fingerprint density at radius 2 is 2.08 bits per heavy atom. The van der Waals surface area contributed by atoms with Crippen LogP contribution in [-0.2, 0) is 0 Å². The molecule has 0 spiro atoms. The second-order valence-electron chi connectivity index (χ2n) is 2.96. The van der Waals surface area contributed by atoms with Gasteiger partial charge in [-0.2, -0.15) is 0 Å². The lowest BCUT2D eigenvalue weighted by Gasteiger charge is -2.17. The van der Waals surface area contributed by atoms with E-state index in [1.807, 2.05) is 6.42 Å². The van der Waals surface area contributed by atoms with E-state index in [0.29, 0.717) is 0 Å². The van der Waals surface area contributed by atoms with Crippen molar-refractivity contribution in [1.29, 1.82) is 0 Å². The zero-order valence-corrected chi connectivity index (χ0v) is 7.87. The maximum atomic E-state index is 9.48. The Morgan fingerprint density at radius 3 is 2.50 bits per heavy atom. The Hall–Kier alpha value is -0.560. The van der Waals surface area contributed by atoms with E-state index >= 15 is 0 Å². The first-order valence-corrected chi connectivity index (χ1v) is 4.52. The first-order chi connectivity index (χ1) is 5.76. The second kappa shape index (κ2) is 7.11. The van der Waals surface area contributed by atoms with Gasteiger partial charge in [0.15, 0.2) is 0 Å². The number of hydrogen-bond donors (Lipinski definition) is 1. The van der Waals surface area contributed by atoms with Crippen molar-refractivity contribution in [3.8, 4) is 0 Å². The van der Waals surface area contributed by atoms with E-state index in [9.17, 15) is 5.11 Å². The largest absolute Gasteiger partial charge is 0.389 e. The Bertz CT molecular complexity index is 129. The molecule has 0 saturated carbocycles. The molecule has 2 atom stereocenters. The summed E-state index contributed by atoms with van der Waals surface area (Å²) < 4.78 is 0. The minimum Gasteiger partial charge on any atom is -0.389 e. The van der Waals surface area contributed by atoms with Crippen LogP contribution in [0.2, 0.25) is 0 Å². The average Bonchev–Trinajstić information content (AvgIpc) is 2.11. The number of rotatable bonds is 7. The lowest BCUT2D eigenvalue weighted by molar-refractivity contribution is 0.164. The fourth-order valence-electron chi connectivity index (χ4n) is 1.17. The first kappa shape index (κ1) is 11.4. The molecule has 1 nitrogen and oxygen atoms in total. The minimum atomic E-state index is -0.422. The molecule has 0 bridgehead atoms. The van der Waals surface area contributed by atoms with Gasteiger partial charge in [-0.1, -0.05) is 31.9 Å². The van der Waals surface area contributed by atoms with Gasteiger partial charge in [0, 0.05) is 0 Å². The Kier molecular flexibility index (Phi) is 6.78. The van der Waals surface area contributed by atoms with Crippen molar-refractivity contribution in [3.05, 3.63) is 31.7 Å². The highest BCUT2D eigenvalue weighted by atomic mass is 16.3. The van der Waals surface area contributed by atoms with Crippen LogP contribution in [0.25, 0.3) is 0 Å². The van der Waals surface area contributed by atoms with Gasteiger partial charge in [-0.25, -0.2) is 0 Å². The van der Waals surface area contributed by atoms with Crippen LogP contribution >= 0.6 is 0 Å². The van der Waals surface area contributed by atoms with Gasteiger partial charge in [0.1, 0.15) is 0 Å². The average molecular weight is 167 g/mol. The molecular weight excluding hydrogens is 148 g/mol. The van der Waals surface area contributed by atoms with Crippen molar-refractivity contribution in [2.45, 2.75) is 32.3 Å². The molecule has 69 valence electrons. The van der Waals surface area contributed by atoms with E-state index in [-0.39, 0.29) is 5.92 Å². The summed E-state index contributed by atoms with van der Waals surface area (Å²) in [6.07, 6.45) is 8.16. The van der Waals surface area contributed by atoms with Crippen LogP contribution in [0, 0.1) is 12.3 Å². The summed E-state index contributed by atoms with van der Waals surface area (Å²) >= 11 is 0. The van der Waals surface area contributed by atoms with Gasteiger partial charge in [-0.05, 0) is 18.8 Å². The second-order valence-corrected chi connectivity index (χ2v) is 2.96. The molecule has 0 aromatic rings. The Balaban J connectivity index is 3.83. The molecule has 0 aliphatic heterocycles. The van der Waals surface area contributed by atoms with Gasteiger partial charge < -0.3 is 5.11 Å². The lowest BCUT2D eigenvalue weighted by atomic mass is 9.93. The fraction of sp³-hybridized carbons (Fsp3) is 0.545. The molecule has 0 heterocycles. The summed E-state index contributed by atoms with van der Waals surface area (Å²) in [7, 11) is 0. The monoisotopic (exact) mass is 167 g/mol. The molecule has 1 radical (unpaired) electrons. The quantitative estimate of drug-likeness (QED) is 0.578. The number of hydrogen-bond acceptors (Lipinski definition) is 1. The Morgan fingerprint density at radius 1 is 1.42 bits per heavy atom. The van der Waals surface area contributed by atoms with Crippen molar-refractivity contribution < 1.29 is 5.11 Å². The lowest BCUT2D eigenvalue weighted by Crippen LogP contribution is -2.17. The highest BCUT2D eigenvalue weighted by Gasteiger charge is 2.13. The van der Waals surface area contributed by atoms with Gasteiger partial charge >= 0.3 is 0 Å². The van der Waals surface area contributed by atoms with Crippen LogP contribution in [0.4, 0.5) is 0 Å². The van der Waals surface area contributed by atoms with Crippen molar-refractivity contribution in [3.63, 3.8) is 0 Å². The summed E-state index contributed by atoms with van der Waals surface area (Å²) in [6, 6.07) is 0. The van der Waals surface area contributed by atoms with Gasteiger partial charge in [-0.15, -0.1) is 13.2 Å². The number of unbranched alkanes of at least 4 members (excludes halogenated alkanes) is 1. The summed E-state index contributed by atoms with van der Waals surface area (Å²) in [5, 5.41) is 9.48. The molecule has 2 unspecified atom stereocenters. The molecule has 12 heavy (non-hydrogen) atoms. The van der Waals surface area contributed by atoms with E-state index in [1.54, 1.807) is 12.2 Å². The van der Waals surface area contributed by atoms with E-state index in [0.717, 1.165) is 19.3 Å². The normalized spacial score (nSPS) is 15.2. The van der Waals surface area contributed by atoms with Crippen LogP contribution in [0.3, 0.4) is 0 Å². The van der Waals surface area contributed by atoms with Gasteiger partial charge in [0.25, 0.3) is 0 Å². The third-order valence-corrected chi connectivity index (χ3v) is 1.95. The third-order valence-electron chi connectivity index (χ3n) is 1.95. The number of allylic oxidation sites excluding steroid dienone is 1. The molecular formula is C11H19O. The van der Waals surface area contributed by atoms with Crippen LogP contribution in [0.1, 0.15) is 26.2 Å².